The first-order valence-corrected chi connectivity index (χ1v) is 10.9. The molecule has 0 saturated heterocycles. The Morgan fingerprint density at radius 1 is 0.812 bits per heavy atom. The number of amides is 1. The van der Waals surface area contributed by atoms with Crippen LogP contribution in [0, 0.1) is 0 Å². The number of hydrogen-bond donors (Lipinski definition) is 1. The Kier molecular flexibility index (Phi) is 8.38. The Morgan fingerprint density at radius 3 is 2.06 bits per heavy atom. The van der Waals surface area contributed by atoms with Gasteiger partial charge < -0.3 is 10.0 Å². The van der Waals surface area contributed by atoms with E-state index in [2.05, 4.69) is 12.1 Å². The molecular formula is C28H29NO3. The van der Waals surface area contributed by atoms with Crippen molar-refractivity contribution in [3.05, 3.63) is 107 Å². The summed E-state index contributed by atoms with van der Waals surface area (Å²) in [7, 11) is 1.84. The summed E-state index contributed by atoms with van der Waals surface area (Å²) in [6.07, 6.45) is 3.77. The first-order chi connectivity index (χ1) is 15.5. The first kappa shape index (κ1) is 23.0. The third kappa shape index (κ3) is 7.24. The Morgan fingerprint density at radius 2 is 1.44 bits per heavy atom. The minimum Gasteiger partial charge on any atom is -0.481 e. The van der Waals surface area contributed by atoms with Gasteiger partial charge >= 0.3 is 5.97 Å². The second kappa shape index (κ2) is 11.7. The predicted molar refractivity (Wildman–Crippen MR) is 129 cm³/mol. The van der Waals surface area contributed by atoms with Crippen molar-refractivity contribution in [3.63, 3.8) is 0 Å². The van der Waals surface area contributed by atoms with Crippen molar-refractivity contribution in [2.45, 2.75) is 25.7 Å². The standard InChI is InChI=1S/C28H29NO3/c1-29(19-18-22-8-4-2-5-9-22)27(30)21-24-14-12-23(13-15-24)20-26(16-17-28(31)32)25-10-6-3-7-11-25/h2-15,20H,16-19,21H2,1H3,(H,31,32)/b26-20+. The van der Waals surface area contributed by atoms with Crippen molar-refractivity contribution in [2.24, 2.45) is 0 Å². The van der Waals surface area contributed by atoms with Gasteiger partial charge in [-0.05, 0) is 40.7 Å². The van der Waals surface area contributed by atoms with Gasteiger partial charge in [-0.25, -0.2) is 0 Å². The Hall–Kier alpha value is -3.66. The molecule has 0 aliphatic carbocycles. The summed E-state index contributed by atoms with van der Waals surface area (Å²) in [6, 6.07) is 27.9. The Balaban J connectivity index is 1.62. The molecule has 1 amide bonds. The maximum absolute atomic E-state index is 12.6. The molecule has 0 saturated carbocycles. The third-order valence-corrected chi connectivity index (χ3v) is 5.43. The summed E-state index contributed by atoms with van der Waals surface area (Å²) in [5.41, 5.74) is 5.18. The lowest BCUT2D eigenvalue weighted by Crippen LogP contribution is -2.30. The van der Waals surface area contributed by atoms with E-state index in [1.54, 1.807) is 4.90 Å². The van der Waals surface area contributed by atoms with E-state index >= 15 is 0 Å². The van der Waals surface area contributed by atoms with E-state index in [0.717, 1.165) is 28.7 Å². The molecule has 0 aliphatic heterocycles. The van der Waals surface area contributed by atoms with Gasteiger partial charge in [-0.15, -0.1) is 0 Å². The average molecular weight is 428 g/mol. The fraction of sp³-hybridized carbons (Fsp3) is 0.214. The van der Waals surface area contributed by atoms with Crippen LogP contribution in [0.2, 0.25) is 0 Å². The van der Waals surface area contributed by atoms with Crippen LogP contribution in [-0.4, -0.2) is 35.5 Å². The third-order valence-electron chi connectivity index (χ3n) is 5.43. The Labute approximate surface area is 189 Å². The lowest BCUT2D eigenvalue weighted by atomic mass is 9.98. The quantitative estimate of drug-likeness (QED) is 0.445. The SMILES string of the molecule is CN(CCc1ccccc1)C(=O)Cc1ccc(/C=C(\CCC(=O)O)c2ccccc2)cc1. The van der Waals surface area contributed by atoms with Crippen molar-refractivity contribution < 1.29 is 14.7 Å². The number of likely N-dealkylation sites (N-methyl/N-ethyl adjacent to an activating group) is 1. The van der Waals surface area contributed by atoms with Gasteiger partial charge in [-0.1, -0.05) is 91.0 Å². The van der Waals surface area contributed by atoms with E-state index in [0.29, 0.717) is 19.4 Å². The number of aliphatic carboxylic acids is 1. The molecule has 3 aromatic carbocycles. The first-order valence-electron chi connectivity index (χ1n) is 10.9. The fourth-order valence-corrected chi connectivity index (χ4v) is 3.50. The van der Waals surface area contributed by atoms with Crippen LogP contribution >= 0.6 is 0 Å². The zero-order chi connectivity index (χ0) is 22.8. The van der Waals surface area contributed by atoms with Gasteiger partial charge in [0.1, 0.15) is 0 Å². The molecule has 0 aromatic heterocycles. The van der Waals surface area contributed by atoms with Crippen LogP contribution < -0.4 is 0 Å². The molecule has 3 rings (SSSR count). The summed E-state index contributed by atoms with van der Waals surface area (Å²) in [5.74, 6) is -0.715. The highest BCUT2D eigenvalue weighted by Gasteiger charge is 2.10. The largest absolute Gasteiger partial charge is 0.481 e. The molecule has 0 atom stereocenters. The number of carboxylic acids is 1. The van der Waals surface area contributed by atoms with Crippen LogP contribution in [0.3, 0.4) is 0 Å². The highest BCUT2D eigenvalue weighted by molar-refractivity contribution is 5.83. The van der Waals surface area contributed by atoms with Crippen LogP contribution in [0.25, 0.3) is 11.6 Å². The van der Waals surface area contributed by atoms with Gasteiger partial charge in [-0.2, -0.15) is 0 Å². The number of rotatable bonds is 10. The zero-order valence-corrected chi connectivity index (χ0v) is 18.4. The zero-order valence-electron chi connectivity index (χ0n) is 18.4. The molecule has 4 nitrogen and oxygen atoms in total. The number of carbonyl (C=O) groups is 2. The average Bonchev–Trinajstić information content (AvgIpc) is 2.82. The fourth-order valence-electron chi connectivity index (χ4n) is 3.50. The van der Waals surface area contributed by atoms with E-state index in [1.165, 1.54) is 5.56 Å². The number of nitrogens with zero attached hydrogens (tertiary/aromatic N) is 1. The smallest absolute Gasteiger partial charge is 0.303 e. The molecule has 0 unspecified atom stereocenters. The summed E-state index contributed by atoms with van der Waals surface area (Å²) < 4.78 is 0. The van der Waals surface area contributed by atoms with E-state index in [4.69, 9.17) is 5.11 Å². The number of allylic oxidation sites excluding steroid dienone is 1. The normalized spacial score (nSPS) is 11.2. The van der Waals surface area contributed by atoms with Crippen LogP contribution in [0.1, 0.15) is 35.1 Å². The van der Waals surface area contributed by atoms with E-state index in [9.17, 15) is 9.59 Å². The summed E-state index contributed by atoms with van der Waals surface area (Å²) in [6.45, 7) is 0.688. The molecule has 1 N–H and O–H groups in total. The Bertz CT molecular complexity index is 1040. The molecule has 0 aliphatic rings. The second-order valence-electron chi connectivity index (χ2n) is 7.90. The van der Waals surface area contributed by atoms with Crippen molar-refractivity contribution in [2.75, 3.05) is 13.6 Å². The minimum absolute atomic E-state index is 0.0859. The molecule has 32 heavy (non-hydrogen) atoms. The van der Waals surface area contributed by atoms with Gasteiger partial charge in [0.05, 0.1) is 6.42 Å². The number of hydrogen-bond acceptors (Lipinski definition) is 2. The van der Waals surface area contributed by atoms with E-state index in [1.807, 2.05) is 85.9 Å². The van der Waals surface area contributed by atoms with E-state index in [-0.39, 0.29) is 12.3 Å². The number of carboxylic acid groups (broad SMARTS) is 1. The molecular weight excluding hydrogens is 398 g/mol. The summed E-state index contributed by atoms with van der Waals surface area (Å²) >= 11 is 0. The number of benzene rings is 3. The highest BCUT2D eigenvalue weighted by atomic mass is 16.4. The van der Waals surface area contributed by atoms with Gasteiger partial charge in [0.15, 0.2) is 0 Å². The van der Waals surface area contributed by atoms with Crippen molar-refractivity contribution in [1.29, 1.82) is 0 Å². The van der Waals surface area contributed by atoms with Gasteiger partial charge in [0, 0.05) is 20.0 Å². The van der Waals surface area contributed by atoms with Crippen LogP contribution in [0.4, 0.5) is 0 Å². The molecule has 3 aromatic rings. The van der Waals surface area contributed by atoms with Gasteiger partial charge in [-0.3, -0.25) is 9.59 Å². The lowest BCUT2D eigenvalue weighted by molar-refractivity contribution is -0.136. The molecule has 4 heteroatoms. The maximum Gasteiger partial charge on any atom is 0.303 e. The van der Waals surface area contributed by atoms with Gasteiger partial charge in [0.2, 0.25) is 5.91 Å². The van der Waals surface area contributed by atoms with Crippen molar-refractivity contribution in [1.82, 2.24) is 4.90 Å². The molecule has 0 fully saturated rings. The second-order valence-corrected chi connectivity index (χ2v) is 7.90. The molecule has 164 valence electrons. The lowest BCUT2D eigenvalue weighted by Gasteiger charge is -2.17. The molecule has 0 heterocycles. The van der Waals surface area contributed by atoms with E-state index < -0.39 is 5.97 Å². The van der Waals surface area contributed by atoms with Crippen molar-refractivity contribution in [3.8, 4) is 0 Å². The maximum atomic E-state index is 12.6. The van der Waals surface area contributed by atoms with Crippen LogP contribution in [0.5, 0.6) is 0 Å². The van der Waals surface area contributed by atoms with Crippen LogP contribution in [-0.2, 0) is 22.4 Å². The monoisotopic (exact) mass is 427 g/mol. The predicted octanol–water partition coefficient (Wildman–Crippen LogP) is 5.34. The summed E-state index contributed by atoms with van der Waals surface area (Å²) in [5, 5.41) is 9.08. The van der Waals surface area contributed by atoms with Crippen molar-refractivity contribution >= 4 is 23.5 Å². The molecule has 0 bridgehead atoms. The topological polar surface area (TPSA) is 57.6 Å². The minimum atomic E-state index is -0.808. The van der Waals surface area contributed by atoms with Crippen LogP contribution in [0.15, 0.2) is 84.9 Å². The molecule has 0 radical (unpaired) electrons. The molecule has 0 spiro atoms. The highest BCUT2D eigenvalue weighted by Crippen LogP contribution is 2.23. The number of carbonyl (C=O) groups excluding carboxylic acids is 1. The summed E-state index contributed by atoms with van der Waals surface area (Å²) in [4.78, 5) is 25.4. The van der Waals surface area contributed by atoms with Gasteiger partial charge in [0.25, 0.3) is 0 Å².